The van der Waals surface area contributed by atoms with Crippen LogP contribution in [0.3, 0.4) is 0 Å². The Kier molecular flexibility index (Phi) is 7.00. The second-order valence-corrected chi connectivity index (χ2v) is 5.88. The van der Waals surface area contributed by atoms with E-state index in [-0.39, 0.29) is 11.6 Å². The van der Waals surface area contributed by atoms with Crippen LogP contribution in [0.1, 0.15) is 25.0 Å². The molecular weight excluding hydrogens is 347 g/mol. The molecule has 0 saturated heterocycles. The summed E-state index contributed by atoms with van der Waals surface area (Å²) in [6.07, 6.45) is -4.37. The maximum absolute atomic E-state index is 13.3. The van der Waals surface area contributed by atoms with E-state index in [1.165, 1.54) is 6.07 Å². The molecule has 0 aliphatic rings. The molecule has 2 nitrogen and oxygen atoms in total. The predicted octanol–water partition coefficient (Wildman–Crippen LogP) is 4.71. The molecule has 21 heavy (non-hydrogen) atoms. The van der Waals surface area contributed by atoms with Crippen molar-refractivity contribution in [3.05, 3.63) is 29.3 Å². The topological polar surface area (TPSA) is 12.5 Å². The third-order valence-corrected chi connectivity index (χ3v) is 3.66. The molecule has 0 aliphatic heterocycles. The van der Waals surface area contributed by atoms with Gasteiger partial charge in [0.05, 0.1) is 12.2 Å². The average Bonchev–Trinajstić information content (AvgIpc) is 2.41. The van der Waals surface area contributed by atoms with E-state index >= 15 is 0 Å². The zero-order valence-corrected chi connectivity index (χ0v) is 14.1. The van der Waals surface area contributed by atoms with E-state index in [9.17, 15) is 13.2 Å². The third-order valence-electron chi connectivity index (χ3n) is 3.01. The Morgan fingerprint density at radius 1 is 1.29 bits per heavy atom. The van der Waals surface area contributed by atoms with Gasteiger partial charge < -0.3 is 9.64 Å². The minimum absolute atomic E-state index is 0.220. The molecule has 0 fully saturated rings. The number of hydrogen-bond acceptors (Lipinski definition) is 2. The Morgan fingerprint density at radius 3 is 2.43 bits per heavy atom. The summed E-state index contributed by atoms with van der Waals surface area (Å²) in [4.78, 5) is 1.75. The second kappa shape index (κ2) is 8.03. The van der Waals surface area contributed by atoms with Gasteiger partial charge in [-0.15, -0.1) is 0 Å². The molecule has 0 bridgehead atoms. The lowest BCUT2D eigenvalue weighted by molar-refractivity contribution is -0.137. The number of benzene rings is 1. The van der Waals surface area contributed by atoms with Gasteiger partial charge in [-0.25, -0.2) is 0 Å². The first-order valence-corrected chi connectivity index (χ1v) is 7.91. The molecule has 0 unspecified atom stereocenters. The fourth-order valence-electron chi connectivity index (χ4n) is 2.12. The molecule has 6 heteroatoms. The van der Waals surface area contributed by atoms with Crippen LogP contribution < -0.4 is 4.90 Å². The van der Waals surface area contributed by atoms with Crippen LogP contribution in [-0.2, 0) is 16.2 Å². The molecule has 0 atom stereocenters. The van der Waals surface area contributed by atoms with Crippen LogP contribution in [0.4, 0.5) is 18.9 Å². The lowest BCUT2D eigenvalue weighted by Crippen LogP contribution is -2.32. The van der Waals surface area contributed by atoms with E-state index in [4.69, 9.17) is 4.74 Å². The number of ether oxygens (including phenoxy) is 1. The third kappa shape index (κ3) is 5.51. The Hall–Kier alpha value is -0.750. The van der Waals surface area contributed by atoms with Gasteiger partial charge in [0.2, 0.25) is 0 Å². The van der Waals surface area contributed by atoms with E-state index < -0.39 is 11.7 Å². The van der Waals surface area contributed by atoms with E-state index in [0.717, 1.165) is 0 Å². The maximum atomic E-state index is 13.3. The van der Waals surface area contributed by atoms with Crippen LogP contribution in [0.5, 0.6) is 0 Å². The van der Waals surface area contributed by atoms with Gasteiger partial charge in [-0.3, -0.25) is 0 Å². The highest BCUT2D eigenvalue weighted by molar-refractivity contribution is 9.08. The summed E-state index contributed by atoms with van der Waals surface area (Å²) in [6, 6.07) is 4.49. The predicted molar refractivity (Wildman–Crippen MR) is 83.0 cm³/mol. The van der Waals surface area contributed by atoms with Crippen LogP contribution in [0.25, 0.3) is 0 Å². The first-order valence-electron chi connectivity index (χ1n) is 6.79. The summed E-state index contributed by atoms with van der Waals surface area (Å²) in [5.41, 5.74) is 0.247. The molecule has 1 aromatic rings. The van der Waals surface area contributed by atoms with E-state index in [2.05, 4.69) is 15.9 Å². The minimum atomic E-state index is -4.37. The molecule has 0 amide bonds. The van der Waals surface area contributed by atoms with Crippen LogP contribution >= 0.6 is 15.9 Å². The molecule has 1 aromatic carbocycles. The Labute approximate surface area is 132 Å². The van der Waals surface area contributed by atoms with Gasteiger partial charge in [-0.1, -0.05) is 35.8 Å². The highest BCUT2D eigenvalue weighted by Gasteiger charge is 2.35. The van der Waals surface area contributed by atoms with Crippen molar-refractivity contribution in [3.63, 3.8) is 0 Å². The first-order chi connectivity index (χ1) is 9.79. The fourth-order valence-corrected chi connectivity index (χ4v) is 2.47. The van der Waals surface area contributed by atoms with Crippen molar-refractivity contribution in [2.45, 2.75) is 25.4 Å². The van der Waals surface area contributed by atoms with Gasteiger partial charge in [-0.05, 0) is 23.6 Å². The van der Waals surface area contributed by atoms with E-state index in [1.807, 2.05) is 13.8 Å². The largest absolute Gasteiger partial charge is 0.418 e. The molecule has 0 heterocycles. The molecule has 120 valence electrons. The van der Waals surface area contributed by atoms with Gasteiger partial charge in [0, 0.05) is 31.2 Å². The molecule has 0 aromatic heterocycles. The van der Waals surface area contributed by atoms with Gasteiger partial charge in [0.15, 0.2) is 0 Å². The lowest BCUT2D eigenvalue weighted by atomic mass is 10.1. The molecule has 0 aliphatic carbocycles. The van der Waals surface area contributed by atoms with Crippen molar-refractivity contribution >= 4 is 21.6 Å². The summed E-state index contributed by atoms with van der Waals surface area (Å²) < 4.78 is 44.9. The zero-order valence-electron chi connectivity index (χ0n) is 12.5. The molecule has 0 saturated carbocycles. The normalized spacial score (nSPS) is 12.0. The molecule has 0 spiro atoms. The summed E-state index contributed by atoms with van der Waals surface area (Å²) in [5, 5.41) is 0.401. The number of nitrogens with zero attached hydrogens (tertiary/aromatic N) is 1. The number of halogens is 4. The van der Waals surface area contributed by atoms with E-state index in [1.54, 1.807) is 24.1 Å². The number of anilines is 1. The molecule has 1 rings (SSSR count). The second-order valence-electron chi connectivity index (χ2n) is 5.32. The van der Waals surface area contributed by atoms with Gasteiger partial charge in [-0.2, -0.15) is 13.2 Å². The molecular formula is C15H21BrF3NO. The smallest absolute Gasteiger partial charge is 0.383 e. The number of rotatable bonds is 7. The SMILES string of the molecule is COCCN(CC(C)C)c1ccc(CBr)cc1C(F)(F)F. The maximum Gasteiger partial charge on any atom is 0.418 e. The Bertz CT molecular complexity index is 449. The van der Waals surface area contributed by atoms with Crippen molar-refractivity contribution in [1.29, 1.82) is 0 Å². The van der Waals surface area contributed by atoms with Crippen LogP contribution in [0.2, 0.25) is 0 Å². The van der Waals surface area contributed by atoms with Crippen molar-refractivity contribution in [3.8, 4) is 0 Å². The molecule has 0 radical (unpaired) electrons. The van der Waals surface area contributed by atoms with Gasteiger partial charge in [0.25, 0.3) is 0 Å². The Balaban J connectivity index is 3.21. The minimum Gasteiger partial charge on any atom is -0.383 e. The highest BCUT2D eigenvalue weighted by atomic mass is 79.9. The number of methoxy groups -OCH3 is 1. The van der Waals surface area contributed by atoms with E-state index in [0.29, 0.717) is 30.6 Å². The number of alkyl halides is 4. The summed E-state index contributed by atoms with van der Waals surface area (Å²) in [6.45, 7) is 5.36. The first kappa shape index (κ1) is 18.3. The standard InChI is InChI=1S/C15H21BrF3NO/c1-11(2)10-20(6-7-21-3)14-5-4-12(9-16)8-13(14)15(17,18)19/h4-5,8,11H,6-7,9-10H2,1-3H3. The van der Waals surface area contributed by atoms with Crippen molar-refractivity contribution in [2.75, 3.05) is 31.7 Å². The quantitative estimate of drug-likeness (QED) is 0.647. The summed E-state index contributed by atoms with van der Waals surface area (Å²) >= 11 is 3.20. The Morgan fingerprint density at radius 2 is 1.95 bits per heavy atom. The lowest BCUT2D eigenvalue weighted by Gasteiger charge is -2.29. The monoisotopic (exact) mass is 367 g/mol. The van der Waals surface area contributed by atoms with Crippen molar-refractivity contribution in [1.82, 2.24) is 0 Å². The summed E-state index contributed by atoms with van der Waals surface area (Å²) in [7, 11) is 1.55. The molecule has 0 N–H and O–H groups in total. The van der Waals surface area contributed by atoms with Crippen LogP contribution in [0.15, 0.2) is 18.2 Å². The summed E-state index contributed by atoms with van der Waals surface area (Å²) in [5.74, 6) is 0.263. The number of hydrogen-bond donors (Lipinski definition) is 0. The zero-order chi connectivity index (χ0) is 16.0. The van der Waals surface area contributed by atoms with Gasteiger partial charge in [0.1, 0.15) is 0 Å². The van der Waals surface area contributed by atoms with Crippen molar-refractivity contribution < 1.29 is 17.9 Å². The average molecular weight is 368 g/mol. The van der Waals surface area contributed by atoms with Gasteiger partial charge >= 0.3 is 6.18 Å². The van der Waals surface area contributed by atoms with Crippen molar-refractivity contribution in [2.24, 2.45) is 5.92 Å². The van der Waals surface area contributed by atoms with Crippen LogP contribution in [-0.4, -0.2) is 26.8 Å². The highest BCUT2D eigenvalue weighted by Crippen LogP contribution is 2.37. The van der Waals surface area contributed by atoms with Crippen LogP contribution in [0, 0.1) is 5.92 Å². The fraction of sp³-hybridized carbons (Fsp3) is 0.600.